The number of carbonyl (C=O) groups is 1. The molecular weight excluding hydrogens is 250 g/mol. The Labute approximate surface area is 112 Å². The molecular formula is C14H18ClNO2. The van der Waals surface area contributed by atoms with E-state index >= 15 is 0 Å². The van der Waals surface area contributed by atoms with E-state index in [1.807, 2.05) is 25.1 Å². The number of alkyl halides is 1. The molecule has 0 radical (unpaired) electrons. The lowest BCUT2D eigenvalue weighted by Gasteiger charge is -2.14. The lowest BCUT2D eigenvalue weighted by Crippen LogP contribution is -2.31. The Hall–Kier alpha value is -1.22. The maximum atomic E-state index is 12.1. The maximum Gasteiger partial charge on any atom is 0.255 e. The van der Waals surface area contributed by atoms with Crippen LogP contribution in [0, 0.1) is 5.41 Å². The third-order valence-electron chi connectivity index (χ3n) is 3.30. The van der Waals surface area contributed by atoms with E-state index in [0.29, 0.717) is 30.3 Å². The van der Waals surface area contributed by atoms with Crippen molar-refractivity contribution < 1.29 is 9.53 Å². The van der Waals surface area contributed by atoms with Crippen LogP contribution in [0.1, 0.15) is 30.1 Å². The summed E-state index contributed by atoms with van der Waals surface area (Å²) < 4.78 is 5.45. The minimum Gasteiger partial charge on any atom is -0.493 e. The number of amides is 1. The van der Waals surface area contributed by atoms with Gasteiger partial charge in [-0.1, -0.05) is 12.1 Å². The van der Waals surface area contributed by atoms with E-state index in [9.17, 15) is 4.79 Å². The molecule has 0 saturated heterocycles. The van der Waals surface area contributed by atoms with Gasteiger partial charge < -0.3 is 10.1 Å². The van der Waals surface area contributed by atoms with E-state index in [1.54, 1.807) is 6.07 Å². The fraction of sp³-hybridized carbons (Fsp3) is 0.500. The summed E-state index contributed by atoms with van der Waals surface area (Å²) in [5.74, 6) is 1.16. The van der Waals surface area contributed by atoms with Crippen LogP contribution in [0.5, 0.6) is 5.75 Å². The van der Waals surface area contributed by atoms with E-state index in [1.165, 1.54) is 0 Å². The average molecular weight is 268 g/mol. The summed E-state index contributed by atoms with van der Waals surface area (Å²) in [4.78, 5) is 12.1. The molecule has 0 bridgehead atoms. The lowest BCUT2D eigenvalue weighted by molar-refractivity contribution is 0.0942. The molecule has 1 aliphatic carbocycles. The summed E-state index contributed by atoms with van der Waals surface area (Å²) in [7, 11) is 0. The first-order chi connectivity index (χ1) is 8.71. The van der Waals surface area contributed by atoms with Crippen LogP contribution >= 0.6 is 11.6 Å². The highest BCUT2D eigenvalue weighted by Gasteiger charge is 2.41. The smallest absolute Gasteiger partial charge is 0.255 e. The topological polar surface area (TPSA) is 38.3 Å². The van der Waals surface area contributed by atoms with Crippen molar-refractivity contribution in [1.29, 1.82) is 0 Å². The zero-order chi connectivity index (χ0) is 13.0. The number of para-hydroxylation sites is 1. The molecule has 0 atom stereocenters. The molecule has 1 aromatic carbocycles. The number of nitrogens with one attached hydrogen (secondary N) is 1. The van der Waals surface area contributed by atoms with Gasteiger partial charge in [0.2, 0.25) is 0 Å². The highest BCUT2D eigenvalue weighted by atomic mass is 35.5. The number of hydrogen-bond acceptors (Lipinski definition) is 2. The van der Waals surface area contributed by atoms with Gasteiger partial charge >= 0.3 is 0 Å². The van der Waals surface area contributed by atoms with Crippen molar-refractivity contribution >= 4 is 17.5 Å². The Morgan fingerprint density at radius 3 is 2.78 bits per heavy atom. The summed E-state index contributed by atoms with van der Waals surface area (Å²) >= 11 is 5.89. The van der Waals surface area contributed by atoms with Gasteiger partial charge in [-0.15, -0.1) is 11.6 Å². The Morgan fingerprint density at radius 2 is 2.17 bits per heavy atom. The Bertz CT molecular complexity index is 430. The van der Waals surface area contributed by atoms with Crippen LogP contribution in [0.15, 0.2) is 24.3 Å². The molecule has 0 aliphatic heterocycles. The first-order valence-corrected chi connectivity index (χ1v) is 6.80. The summed E-state index contributed by atoms with van der Waals surface area (Å²) in [5, 5.41) is 2.95. The van der Waals surface area contributed by atoms with Crippen LogP contribution in [-0.2, 0) is 0 Å². The second-order valence-electron chi connectivity index (χ2n) is 4.75. The maximum absolute atomic E-state index is 12.1. The molecule has 4 heteroatoms. The van der Waals surface area contributed by atoms with Gasteiger partial charge in [-0.3, -0.25) is 4.79 Å². The molecule has 1 aliphatic rings. The van der Waals surface area contributed by atoms with Gasteiger partial charge in [0.25, 0.3) is 5.91 Å². The fourth-order valence-corrected chi connectivity index (χ4v) is 2.19. The molecule has 0 heterocycles. The van der Waals surface area contributed by atoms with Crippen LogP contribution in [-0.4, -0.2) is 24.9 Å². The molecule has 1 saturated carbocycles. The molecule has 1 aromatic rings. The number of hydrogen-bond donors (Lipinski definition) is 1. The van der Waals surface area contributed by atoms with Crippen LogP contribution in [0.4, 0.5) is 0 Å². The van der Waals surface area contributed by atoms with E-state index in [4.69, 9.17) is 16.3 Å². The summed E-state index contributed by atoms with van der Waals surface area (Å²) in [6.07, 6.45) is 2.20. The minimum absolute atomic E-state index is 0.0876. The monoisotopic (exact) mass is 267 g/mol. The van der Waals surface area contributed by atoms with Crippen molar-refractivity contribution in [2.45, 2.75) is 19.8 Å². The second kappa shape index (κ2) is 5.61. The number of carbonyl (C=O) groups excluding carboxylic acids is 1. The fourth-order valence-electron chi connectivity index (χ4n) is 1.83. The predicted octanol–water partition coefficient (Wildman–Crippen LogP) is 2.83. The standard InChI is InChI=1S/C14H18ClNO2/c1-2-18-12-6-4-3-5-11(12)13(17)16-10-14(9-15)7-8-14/h3-6H,2,7-10H2,1H3,(H,16,17). The van der Waals surface area contributed by atoms with Gasteiger partial charge in [-0.05, 0) is 31.9 Å². The quantitative estimate of drug-likeness (QED) is 0.805. The average Bonchev–Trinajstić information content (AvgIpc) is 3.18. The highest BCUT2D eigenvalue weighted by Crippen LogP contribution is 2.45. The van der Waals surface area contributed by atoms with Crippen LogP contribution < -0.4 is 10.1 Å². The zero-order valence-electron chi connectivity index (χ0n) is 10.5. The summed E-state index contributed by atoms with van der Waals surface area (Å²) in [6, 6.07) is 7.29. The molecule has 1 N–H and O–H groups in total. The van der Waals surface area contributed by atoms with Gasteiger partial charge in [0.15, 0.2) is 0 Å². The normalized spacial score (nSPS) is 16.1. The number of benzene rings is 1. The molecule has 3 nitrogen and oxygen atoms in total. The summed E-state index contributed by atoms with van der Waals surface area (Å²) in [6.45, 7) is 3.10. The van der Waals surface area contributed by atoms with Gasteiger partial charge in [0.05, 0.1) is 12.2 Å². The molecule has 0 unspecified atom stereocenters. The van der Waals surface area contributed by atoms with Gasteiger partial charge in [0.1, 0.15) is 5.75 Å². The summed E-state index contributed by atoms with van der Waals surface area (Å²) in [5.41, 5.74) is 0.724. The van der Waals surface area contributed by atoms with Crippen LogP contribution in [0.3, 0.4) is 0 Å². The third kappa shape index (κ3) is 2.96. The van der Waals surface area contributed by atoms with E-state index in [0.717, 1.165) is 12.8 Å². The number of ether oxygens (including phenoxy) is 1. The Morgan fingerprint density at radius 1 is 1.44 bits per heavy atom. The number of rotatable bonds is 6. The van der Waals surface area contributed by atoms with Crippen LogP contribution in [0.25, 0.3) is 0 Å². The Kier molecular flexibility index (Phi) is 4.12. The third-order valence-corrected chi connectivity index (χ3v) is 3.86. The lowest BCUT2D eigenvalue weighted by atomic mass is 10.1. The van der Waals surface area contributed by atoms with Gasteiger partial charge in [-0.25, -0.2) is 0 Å². The largest absolute Gasteiger partial charge is 0.493 e. The van der Waals surface area contributed by atoms with Crippen molar-refractivity contribution in [1.82, 2.24) is 5.32 Å². The molecule has 1 amide bonds. The number of halogens is 1. The van der Waals surface area contributed by atoms with Gasteiger partial charge in [-0.2, -0.15) is 0 Å². The second-order valence-corrected chi connectivity index (χ2v) is 5.01. The van der Waals surface area contributed by atoms with Crippen LogP contribution in [0.2, 0.25) is 0 Å². The predicted molar refractivity (Wildman–Crippen MR) is 72.3 cm³/mol. The SMILES string of the molecule is CCOc1ccccc1C(=O)NCC1(CCl)CC1. The first-order valence-electron chi connectivity index (χ1n) is 6.27. The molecule has 0 aromatic heterocycles. The molecule has 2 rings (SSSR count). The van der Waals surface area contributed by atoms with Crippen molar-refractivity contribution in [2.24, 2.45) is 5.41 Å². The van der Waals surface area contributed by atoms with Crippen molar-refractivity contribution in [3.05, 3.63) is 29.8 Å². The van der Waals surface area contributed by atoms with Gasteiger partial charge in [0, 0.05) is 17.8 Å². The van der Waals surface area contributed by atoms with E-state index < -0.39 is 0 Å². The molecule has 18 heavy (non-hydrogen) atoms. The molecule has 0 spiro atoms. The van der Waals surface area contributed by atoms with E-state index in [2.05, 4.69) is 5.32 Å². The molecule has 1 fully saturated rings. The van der Waals surface area contributed by atoms with Crippen molar-refractivity contribution in [3.63, 3.8) is 0 Å². The van der Waals surface area contributed by atoms with Crippen molar-refractivity contribution in [3.8, 4) is 5.75 Å². The highest BCUT2D eigenvalue weighted by molar-refractivity contribution is 6.18. The zero-order valence-corrected chi connectivity index (χ0v) is 11.3. The van der Waals surface area contributed by atoms with E-state index in [-0.39, 0.29) is 11.3 Å². The first kappa shape index (κ1) is 13.2. The van der Waals surface area contributed by atoms with Crippen molar-refractivity contribution in [2.75, 3.05) is 19.0 Å². The Balaban J connectivity index is 2.00. The molecule has 98 valence electrons. The minimum atomic E-state index is -0.0876.